The number of rotatable bonds is 4. The van der Waals surface area contributed by atoms with E-state index in [-0.39, 0.29) is 5.91 Å². The SMILES string of the molecule is CCN1CCC(N(C)C(=O)c2cc(N)cc(OC)c2)CC1. The number of carbonyl (C=O) groups is 1. The summed E-state index contributed by atoms with van der Waals surface area (Å²) in [5.41, 5.74) is 6.97. The molecule has 0 aromatic heterocycles. The van der Waals surface area contributed by atoms with Gasteiger partial charge in [-0.1, -0.05) is 6.92 Å². The zero-order valence-corrected chi connectivity index (χ0v) is 13.1. The Morgan fingerprint density at radius 2 is 2.05 bits per heavy atom. The van der Waals surface area contributed by atoms with Crippen LogP contribution in [0.15, 0.2) is 18.2 Å². The van der Waals surface area contributed by atoms with Crippen molar-refractivity contribution in [1.29, 1.82) is 0 Å². The van der Waals surface area contributed by atoms with Crippen molar-refractivity contribution in [3.63, 3.8) is 0 Å². The van der Waals surface area contributed by atoms with E-state index in [1.807, 2.05) is 11.9 Å². The van der Waals surface area contributed by atoms with Gasteiger partial charge in [0.1, 0.15) is 5.75 Å². The smallest absolute Gasteiger partial charge is 0.254 e. The molecule has 0 spiro atoms. The molecule has 1 aromatic rings. The van der Waals surface area contributed by atoms with Crippen LogP contribution in [-0.4, -0.2) is 55.5 Å². The molecule has 1 aromatic carbocycles. The van der Waals surface area contributed by atoms with Gasteiger partial charge in [0.05, 0.1) is 7.11 Å². The number of ether oxygens (including phenoxy) is 1. The molecular formula is C16H25N3O2. The number of amides is 1. The van der Waals surface area contributed by atoms with Crippen LogP contribution in [0.25, 0.3) is 0 Å². The Labute approximate surface area is 126 Å². The highest BCUT2D eigenvalue weighted by molar-refractivity contribution is 5.95. The number of benzene rings is 1. The van der Waals surface area contributed by atoms with Gasteiger partial charge in [0.25, 0.3) is 5.91 Å². The molecule has 1 fully saturated rings. The van der Waals surface area contributed by atoms with Crippen molar-refractivity contribution >= 4 is 11.6 Å². The second-order valence-corrected chi connectivity index (χ2v) is 5.58. The third-order valence-corrected chi connectivity index (χ3v) is 4.28. The fraction of sp³-hybridized carbons (Fsp3) is 0.562. The first-order valence-corrected chi connectivity index (χ1v) is 7.49. The Bertz CT molecular complexity index is 496. The average molecular weight is 291 g/mol. The molecule has 5 nitrogen and oxygen atoms in total. The molecule has 0 aliphatic carbocycles. The summed E-state index contributed by atoms with van der Waals surface area (Å²) in [4.78, 5) is 16.9. The van der Waals surface area contributed by atoms with E-state index in [0.29, 0.717) is 23.0 Å². The number of nitrogens with two attached hydrogens (primary N) is 1. The Morgan fingerprint density at radius 3 is 2.62 bits per heavy atom. The molecule has 0 radical (unpaired) electrons. The highest BCUT2D eigenvalue weighted by Gasteiger charge is 2.25. The molecule has 1 aliphatic heterocycles. The Hall–Kier alpha value is -1.75. The van der Waals surface area contributed by atoms with Gasteiger partial charge in [-0.2, -0.15) is 0 Å². The number of likely N-dealkylation sites (tertiary alicyclic amines) is 1. The molecule has 116 valence electrons. The van der Waals surface area contributed by atoms with Crippen LogP contribution in [0.2, 0.25) is 0 Å². The van der Waals surface area contributed by atoms with Crippen LogP contribution < -0.4 is 10.5 Å². The maximum atomic E-state index is 12.6. The van der Waals surface area contributed by atoms with Gasteiger partial charge in [-0.3, -0.25) is 4.79 Å². The van der Waals surface area contributed by atoms with Crippen LogP contribution in [0.4, 0.5) is 5.69 Å². The maximum Gasteiger partial charge on any atom is 0.254 e. The molecule has 0 atom stereocenters. The molecule has 21 heavy (non-hydrogen) atoms. The number of nitrogens with zero attached hydrogens (tertiary/aromatic N) is 2. The zero-order chi connectivity index (χ0) is 15.4. The van der Waals surface area contributed by atoms with Gasteiger partial charge >= 0.3 is 0 Å². The number of piperidine rings is 1. The first-order valence-electron chi connectivity index (χ1n) is 7.49. The molecule has 0 saturated carbocycles. The van der Waals surface area contributed by atoms with Gasteiger partial charge in [0, 0.05) is 43.5 Å². The van der Waals surface area contributed by atoms with E-state index < -0.39 is 0 Å². The van der Waals surface area contributed by atoms with E-state index in [0.717, 1.165) is 32.5 Å². The standard InChI is InChI=1S/C16H25N3O2/c1-4-19-7-5-14(6-8-19)18(2)16(20)12-9-13(17)11-15(10-12)21-3/h9-11,14H,4-8,17H2,1-3H3. The highest BCUT2D eigenvalue weighted by Crippen LogP contribution is 2.22. The number of methoxy groups -OCH3 is 1. The summed E-state index contributed by atoms with van der Waals surface area (Å²) >= 11 is 0. The summed E-state index contributed by atoms with van der Waals surface area (Å²) < 4.78 is 5.18. The van der Waals surface area contributed by atoms with E-state index in [2.05, 4.69) is 11.8 Å². The number of anilines is 1. The van der Waals surface area contributed by atoms with Crippen molar-refractivity contribution in [3.8, 4) is 5.75 Å². The normalized spacial score (nSPS) is 16.7. The first-order chi connectivity index (χ1) is 10.0. The number of hydrogen-bond acceptors (Lipinski definition) is 4. The van der Waals surface area contributed by atoms with Gasteiger partial charge in [-0.15, -0.1) is 0 Å². The maximum absolute atomic E-state index is 12.6. The van der Waals surface area contributed by atoms with Gasteiger partial charge in [0.2, 0.25) is 0 Å². The molecule has 2 rings (SSSR count). The van der Waals surface area contributed by atoms with Crippen molar-refractivity contribution in [3.05, 3.63) is 23.8 Å². The predicted octanol–water partition coefficient (Wildman–Crippen LogP) is 1.83. The summed E-state index contributed by atoms with van der Waals surface area (Å²) in [5.74, 6) is 0.628. The van der Waals surface area contributed by atoms with Crippen LogP contribution in [0.3, 0.4) is 0 Å². The van der Waals surface area contributed by atoms with Gasteiger partial charge in [0.15, 0.2) is 0 Å². The monoisotopic (exact) mass is 291 g/mol. The van der Waals surface area contributed by atoms with Gasteiger partial charge in [-0.05, 0) is 31.5 Å². The molecule has 1 saturated heterocycles. The van der Waals surface area contributed by atoms with E-state index >= 15 is 0 Å². The molecule has 1 aliphatic rings. The minimum atomic E-state index is 0.00977. The van der Waals surface area contributed by atoms with Crippen LogP contribution in [-0.2, 0) is 0 Å². The minimum Gasteiger partial charge on any atom is -0.497 e. The average Bonchev–Trinajstić information content (AvgIpc) is 2.52. The van der Waals surface area contributed by atoms with Crippen LogP contribution in [0, 0.1) is 0 Å². The lowest BCUT2D eigenvalue weighted by Gasteiger charge is -2.36. The zero-order valence-electron chi connectivity index (χ0n) is 13.1. The third kappa shape index (κ3) is 3.67. The Kier molecular flexibility index (Phi) is 5.07. The van der Waals surface area contributed by atoms with E-state index in [4.69, 9.17) is 10.5 Å². The highest BCUT2D eigenvalue weighted by atomic mass is 16.5. The van der Waals surface area contributed by atoms with Crippen molar-refractivity contribution < 1.29 is 9.53 Å². The lowest BCUT2D eigenvalue weighted by molar-refractivity contribution is 0.0646. The van der Waals surface area contributed by atoms with Gasteiger partial charge < -0.3 is 20.3 Å². The Balaban J connectivity index is 2.07. The molecule has 2 N–H and O–H groups in total. The molecule has 1 amide bonds. The van der Waals surface area contributed by atoms with Crippen LogP contribution in [0.5, 0.6) is 5.75 Å². The van der Waals surface area contributed by atoms with E-state index in [1.54, 1.807) is 25.3 Å². The second kappa shape index (κ2) is 6.80. The van der Waals surface area contributed by atoms with E-state index in [9.17, 15) is 4.79 Å². The van der Waals surface area contributed by atoms with E-state index in [1.165, 1.54) is 0 Å². The molecule has 1 heterocycles. The summed E-state index contributed by atoms with van der Waals surface area (Å²) in [6.07, 6.45) is 2.05. The Morgan fingerprint density at radius 1 is 1.38 bits per heavy atom. The molecule has 0 bridgehead atoms. The third-order valence-electron chi connectivity index (χ3n) is 4.28. The fourth-order valence-electron chi connectivity index (χ4n) is 2.86. The topological polar surface area (TPSA) is 58.8 Å². The molecule has 0 unspecified atom stereocenters. The predicted molar refractivity (Wildman–Crippen MR) is 84.6 cm³/mol. The minimum absolute atomic E-state index is 0.00977. The quantitative estimate of drug-likeness (QED) is 0.860. The fourth-order valence-corrected chi connectivity index (χ4v) is 2.86. The number of carbonyl (C=O) groups excluding carboxylic acids is 1. The lowest BCUT2D eigenvalue weighted by atomic mass is 10.0. The largest absolute Gasteiger partial charge is 0.497 e. The van der Waals surface area contributed by atoms with Crippen molar-refractivity contribution in [2.75, 3.05) is 39.5 Å². The summed E-state index contributed by atoms with van der Waals surface area (Å²) in [6.45, 7) is 5.36. The molecular weight excluding hydrogens is 266 g/mol. The summed E-state index contributed by atoms with van der Waals surface area (Å²) in [6, 6.07) is 5.47. The van der Waals surface area contributed by atoms with Crippen molar-refractivity contribution in [1.82, 2.24) is 9.80 Å². The number of nitrogen functional groups attached to an aromatic ring is 1. The lowest BCUT2D eigenvalue weighted by Crippen LogP contribution is -2.45. The summed E-state index contributed by atoms with van der Waals surface area (Å²) in [7, 11) is 3.46. The van der Waals surface area contributed by atoms with Crippen LogP contribution in [0.1, 0.15) is 30.1 Å². The van der Waals surface area contributed by atoms with Crippen LogP contribution >= 0.6 is 0 Å². The van der Waals surface area contributed by atoms with Gasteiger partial charge in [-0.25, -0.2) is 0 Å². The van der Waals surface area contributed by atoms with Crippen molar-refractivity contribution in [2.24, 2.45) is 0 Å². The number of hydrogen-bond donors (Lipinski definition) is 1. The summed E-state index contributed by atoms with van der Waals surface area (Å²) in [5, 5.41) is 0. The second-order valence-electron chi connectivity index (χ2n) is 5.58. The molecule has 5 heteroatoms. The first kappa shape index (κ1) is 15.6. The van der Waals surface area contributed by atoms with Crippen molar-refractivity contribution in [2.45, 2.75) is 25.8 Å².